The molecule has 2 N–H and O–H groups in total. The van der Waals surface area contributed by atoms with Gasteiger partial charge in [-0.3, -0.25) is 0 Å². The Labute approximate surface area is 178 Å². The van der Waals surface area contributed by atoms with Crippen molar-refractivity contribution in [3.05, 3.63) is 121 Å². The number of nitrogens with two attached hydrogens (primary N) is 1. The molecule has 28 heavy (non-hydrogen) atoms. The Morgan fingerprint density at radius 2 is 0.857 bits per heavy atom. The van der Waals surface area contributed by atoms with Gasteiger partial charge in [0.2, 0.25) is 0 Å². The van der Waals surface area contributed by atoms with Crippen LogP contribution in [-0.2, 0) is 6.16 Å². The number of para-hydroxylation sites is 1. The van der Waals surface area contributed by atoms with E-state index in [1.165, 1.54) is 21.5 Å². The smallest absolute Gasteiger partial charge is 0.116 e. The Bertz CT molecular complexity index is 907. The fourth-order valence-corrected chi connectivity index (χ4v) is 7.99. The molecule has 140 valence electrons. The van der Waals surface area contributed by atoms with E-state index in [0.29, 0.717) is 0 Å². The average Bonchev–Trinajstić information content (AvgIpc) is 2.75. The highest BCUT2D eigenvalue weighted by molar-refractivity contribution is 8.93. The third kappa shape index (κ3) is 3.90. The first kappa shape index (κ1) is 20.3. The van der Waals surface area contributed by atoms with Crippen LogP contribution in [0.3, 0.4) is 0 Å². The van der Waals surface area contributed by atoms with Crippen LogP contribution in [0.15, 0.2) is 115 Å². The van der Waals surface area contributed by atoms with E-state index in [9.17, 15) is 0 Å². The van der Waals surface area contributed by atoms with Crippen LogP contribution in [0.4, 0.5) is 5.69 Å². The molecule has 0 atom stereocenters. The molecule has 0 aliphatic rings. The number of rotatable bonds is 5. The highest BCUT2D eigenvalue weighted by atomic mass is 79.9. The summed E-state index contributed by atoms with van der Waals surface area (Å²) < 4.78 is 0. The van der Waals surface area contributed by atoms with Crippen molar-refractivity contribution < 1.29 is 0 Å². The van der Waals surface area contributed by atoms with Crippen molar-refractivity contribution in [3.8, 4) is 0 Å². The molecule has 1 nitrogen and oxygen atoms in total. The third-order valence-electron chi connectivity index (χ3n) is 5.05. The van der Waals surface area contributed by atoms with Crippen LogP contribution >= 0.6 is 24.2 Å². The van der Waals surface area contributed by atoms with Crippen molar-refractivity contribution in [2.45, 2.75) is 6.16 Å². The van der Waals surface area contributed by atoms with Gasteiger partial charge in [-0.2, -0.15) is 0 Å². The number of benzene rings is 4. The van der Waals surface area contributed by atoms with Crippen molar-refractivity contribution in [1.82, 2.24) is 0 Å². The van der Waals surface area contributed by atoms with Crippen molar-refractivity contribution in [2.24, 2.45) is 0 Å². The van der Waals surface area contributed by atoms with E-state index in [4.69, 9.17) is 5.73 Å². The summed E-state index contributed by atoms with van der Waals surface area (Å²) in [6.45, 7) is 0. The minimum absolute atomic E-state index is 0. The summed E-state index contributed by atoms with van der Waals surface area (Å²) in [4.78, 5) is 0. The fourth-order valence-electron chi connectivity index (χ4n) is 3.70. The summed E-state index contributed by atoms with van der Waals surface area (Å²) in [7, 11) is -1.88. The highest BCUT2D eigenvalue weighted by Crippen LogP contribution is 2.58. The van der Waals surface area contributed by atoms with Crippen LogP contribution < -0.4 is 21.6 Å². The van der Waals surface area contributed by atoms with Crippen molar-refractivity contribution >= 4 is 45.8 Å². The van der Waals surface area contributed by atoms with Crippen LogP contribution in [0, 0.1) is 0 Å². The SMILES string of the molecule is Br.Nc1ccccc1C[P+](c1ccccc1)(c1ccccc1)c1ccccc1. The molecular weight excluding hydrogens is 425 g/mol. The molecule has 0 aliphatic heterocycles. The molecule has 4 aromatic rings. The largest absolute Gasteiger partial charge is 0.398 e. The maximum atomic E-state index is 6.38. The minimum Gasteiger partial charge on any atom is -0.398 e. The Balaban J connectivity index is 0.00000225. The van der Waals surface area contributed by atoms with Gasteiger partial charge in [0.15, 0.2) is 0 Å². The van der Waals surface area contributed by atoms with Crippen LogP contribution in [0.1, 0.15) is 5.56 Å². The zero-order valence-electron chi connectivity index (χ0n) is 15.6. The van der Waals surface area contributed by atoms with Gasteiger partial charge in [-0.1, -0.05) is 72.8 Å². The molecule has 0 amide bonds. The predicted molar refractivity (Wildman–Crippen MR) is 130 cm³/mol. The molecule has 0 spiro atoms. The van der Waals surface area contributed by atoms with Gasteiger partial charge >= 0.3 is 0 Å². The summed E-state index contributed by atoms with van der Waals surface area (Å²) in [6, 6.07) is 41.0. The number of halogens is 1. The molecule has 0 saturated carbocycles. The highest BCUT2D eigenvalue weighted by Gasteiger charge is 2.45. The average molecular weight is 449 g/mol. The van der Waals surface area contributed by atoms with E-state index >= 15 is 0 Å². The molecule has 0 radical (unpaired) electrons. The third-order valence-corrected chi connectivity index (χ3v) is 9.41. The van der Waals surface area contributed by atoms with E-state index in [1.54, 1.807) is 0 Å². The summed E-state index contributed by atoms with van der Waals surface area (Å²) in [5.74, 6) is 0. The van der Waals surface area contributed by atoms with E-state index in [1.807, 2.05) is 12.1 Å². The predicted octanol–water partition coefficient (Wildman–Crippen LogP) is 5.34. The van der Waals surface area contributed by atoms with Gasteiger partial charge in [0.25, 0.3) is 0 Å². The van der Waals surface area contributed by atoms with Gasteiger partial charge < -0.3 is 5.73 Å². The zero-order chi connectivity index (χ0) is 18.5. The van der Waals surface area contributed by atoms with Gasteiger partial charge in [0.05, 0.1) is 0 Å². The minimum atomic E-state index is -1.88. The number of nitrogen functional groups attached to an aromatic ring is 1. The van der Waals surface area contributed by atoms with Crippen molar-refractivity contribution in [2.75, 3.05) is 5.73 Å². The maximum absolute atomic E-state index is 6.38. The Morgan fingerprint density at radius 1 is 0.500 bits per heavy atom. The lowest BCUT2D eigenvalue weighted by Gasteiger charge is -2.28. The summed E-state index contributed by atoms with van der Waals surface area (Å²) in [5.41, 5.74) is 8.46. The molecule has 4 rings (SSSR count). The Kier molecular flexibility index (Phi) is 6.67. The number of hydrogen-bond acceptors (Lipinski definition) is 1. The zero-order valence-corrected chi connectivity index (χ0v) is 18.2. The summed E-state index contributed by atoms with van der Waals surface area (Å²) >= 11 is 0. The first-order valence-corrected chi connectivity index (χ1v) is 11.2. The summed E-state index contributed by atoms with van der Waals surface area (Å²) in [6.07, 6.45) is 0.914. The molecular formula is C25H24BrNP+. The first-order valence-electron chi connectivity index (χ1n) is 9.19. The second kappa shape index (κ2) is 9.19. The van der Waals surface area contributed by atoms with Crippen LogP contribution in [0.5, 0.6) is 0 Å². The van der Waals surface area contributed by atoms with Crippen molar-refractivity contribution in [3.63, 3.8) is 0 Å². The number of anilines is 1. The molecule has 0 unspecified atom stereocenters. The Morgan fingerprint density at radius 3 is 1.25 bits per heavy atom. The van der Waals surface area contributed by atoms with Crippen LogP contribution in [0.25, 0.3) is 0 Å². The second-order valence-corrected chi connectivity index (χ2v) is 10.2. The molecule has 0 heterocycles. The lowest BCUT2D eigenvalue weighted by molar-refractivity contribution is 1.39. The van der Waals surface area contributed by atoms with Gasteiger partial charge in [0, 0.05) is 11.3 Å². The van der Waals surface area contributed by atoms with Gasteiger partial charge in [-0.15, -0.1) is 17.0 Å². The standard InChI is InChI=1S/C25H23NP.BrH/c26-25-19-11-10-12-21(25)20-27(22-13-4-1-5-14-22,23-15-6-2-7-16-23)24-17-8-3-9-18-24;/h1-19H,20,26H2;1H/q+1;. The topological polar surface area (TPSA) is 26.0 Å². The van der Waals surface area contributed by atoms with Gasteiger partial charge in [-0.05, 0) is 42.5 Å². The lowest BCUT2D eigenvalue weighted by atomic mass is 10.2. The molecule has 4 aromatic carbocycles. The fraction of sp³-hybridized carbons (Fsp3) is 0.0400. The molecule has 0 aromatic heterocycles. The molecule has 0 saturated heterocycles. The first-order chi connectivity index (χ1) is 13.3. The van der Waals surface area contributed by atoms with Gasteiger partial charge in [0.1, 0.15) is 29.3 Å². The molecule has 0 aliphatic carbocycles. The van der Waals surface area contributed by atoms with E-state index in [-0.39, 0.29) is 17.0 Å². The second-order valence-electron chi connectivity index (χ2n) is 6.67. The van der Waals surface area contributed by atoms with Gasteiger partial charge in [-0.25, -0.2) is 0 Å². The van der Waals surface area contributed by atoms with Crippen LogP contribution in [-0.4, -0.2) is 0 Å². The number of hydrogen-bond donors (Lipinski definition) is 1. The molecule has 0 bridgehead atoms. The van der Waals surface area contributed by atoms with Crippen LogP contribution in [0.2, 0.25) is 0 Å². The molecule has 3 heteroatoms. The molecule has 0 fully saturated rings. The maximum Gasteiger partial charge on any atom is 0.116 e. The Hall–Kier alpha value is -2.41. The monoisotopic (exact) mass is 448 g/mol. The van der Waals surface area contributed by atoms with E-state index in [0.717, 1.165) is 11.8 Å². The van der Waals surface area contributed by atoms with E-state index in [2.05, 4.69) is 103 Å². The lowest BCUT2D eigenvalue weighted by Crippen LogP contribution is -2.32. The van der Waals surface area contributed by atoms with Crippen molar-refractivity contribution in [1.29, 1.82) is 0 Å². The van der Waals surface area contributed by atoms with E-state index < -0.39 is 7.26 Å². The summed E-state index contributed by atoms with van der Waals surface area (Å²) in [5, 5.41) is 4.14. The quantitative estimate of drug-likeness (QED) is 0.323. The normalized spacial score (nSPS) is 10.9.